The van der Waals surface area contributed by atoms with Gasteiger partial charge in [-0.05, 0) is 194 Å². The first-order valence-corrected chi connectivity index (χ1v) is 22.2. The zero-order valence-electron chi connectivity index (χ0n) is 35.4. The second-order valence-corrected chi connectivity index (χ2v) is 21.2. The largest absolute Gasteiger partial charge is 0.497 e. The number of nitrogens with two attached hydrogens (primary N) is 1. The van der Waals surface area contributed by atoms with E-state index in [4.69, 9.17) is 19.9 Å². The number of benzene rings is 2. The highest BCUT2D eigenvalue weighted by atomic mass is 16.6. The Bertz CT molecular complexity index is 2070. The number of hydrogen-bond acceptors (Lipinski definition) is 8. The van der Waals surface area contributed by atoms with Gasteiger partial charge in [-0.2, -0.15) is 0 Å². The SMILES string of the molecule is CC1(C)CC[C@@]2(CCC3C4CCc5cc(C(N)=O)ccc5C4CC[C@@]32O)OC1=O.COc1ccc2c(c1)C(=O)CC1C2CC[C@@]2(C)C1CC[C@@]21CCC(C)(C)C(=O)O1. The molecule has 0 bridgehead atoms. The Balaban J connectivity index is 0.000000150. The average molecular weight is 794 g/mol. The van der Waals surface area contributed by atoms with Crippen LogP contribution in [0.15, 0.2) is 36.4 Å². The highest BCUT2D eigenvalue weighted by molar-refractivity contribution is 5.99. The number of ketones is 1. The van der Waals surface area contributed by atoms with Crippen LogP contribution in [0.25, 0.3) is 0 Å². The lowest BCUT2D eigenvalue weighted by Crippen LogP contribution is -2.62. The van der Waals surface area contributed by atoms with Gasteiger partial charge in [-0.1, -0.05) is 19.1 Å². The molecule has 6 fully saturated rings. The van der Waals surface area contributed by atoms with Crippen molar-refractivity contribution in [1.29, 1.82) is 0 Å². The third-order valence-corrected chi connectivity index (χ3v) is 17.8. The molecule has 0 aromatic heterocycles. The zero-order chi connectivity index (χ0) is 41.2. The Kier molecular flexibility index (Phi) is 9.17. The standard InChI is InChI=1S/C25H32O4.C24H31NO4/c1-23(2)11-12-25(29-22(23)27)10-8-20-18-14-21(26)19-13-15(28-4)5-6-16(19)17(18)7-9-24(20,25)3;1-22(2)11-12-23(29-21(22)27)9-8-19-18-6-3-14-13-15(20(25)26)4-5-16(14)17(18)7-10-24(19,23)28/h5-6,13,17-18,20H,7-12,14H2,1-4H3;4-5,13,17-19,28H,3,6-12H2,1-2H3,(H2,25,26)/t17?,18?,20?,24-,25+;17?,18?,19?,23-,24-/m01/s1. The molecule has 6 aliphatic carbocycles. The molecule has 4 saturated carbocycles. The summed E-state index contributed by atoms with van der Waals surface area (Å²) in [5.41, 5.74) is 7.83. The molecule has 9 heteroatoms. The van der Waals surface area contributed by atoms with Crippen LogP contribution in [-0.4, -0.2) is 52.6 Å². The number of rotatable bonds is 2. The number of methoxy groups -OCH3 is 1. The number of Topliss-reactive ketones (excluding diaryl/α,β-unsaturated/α-hetero) is 1. The van der Waals surface area contributed by atoms with Crippen LogP contribution in [0.2, 0.25) is 0 Å². The Labute approximate surface area is 343 Å². The van der Waals surface area contributed by atoms with Crippen molar-refractivity contribution in [2.75, 3.05) is 7.11 Å². The predicted octanol–water partition coefficient (Wildman–Crippen LogP) is 8.76. The normalized spacial score (nSPS) is 40.0. The number of fused-ring (bicyclic) bond motifs is 12. The first kappa shape index (κ1) is 39.7. The topological polar surface area (TPSA) is 142 Å². The molecule has 2 heterocycles. The van der Waals surface area contributed by atoms with Crippen molar-refractivity contribution in [2.24, 2.45) is 45.7 Å². The molecule has 10 atom stereocenters. The van der Waals surface area contributed by atoms with Crippen molar-refractivity contribution in [3.63, 3.8) is 0 Å². The van der Waals surface area contributed by atoms with Crippen LogP contribution < -0.4 is 10.5 Å². The Morgan fingerprint density at radius 3 is 2.02 bits per heavy atom. The van der Waals surface area contributed by atoms with Gasteiger partial charge in [0.25, 0.3) is 0 Å². The lowest BCUT2D eigenvalue weighted by molar-refractivity contribution is -0.231. The maximum atomic E-state index is 13.1. The van der Waals surface area contributed by atoms with E-state index in [9.17, 15) is 24.3 Å². The number of aryl methyl sites for hydroxylation is 1. The van der Waals surface area contributed by atoms with E-state index in [-0.39, 0.29) is 46.0 Å². The minimum Gasteiger partial charge on any atom is -0.497 e. The fourth-order valence-electron chi connectivity index (χ4n) is 14.1. The number of hydrogen-bond donors (Lipinski definition) is 2. The third-order valence-electron chi connectivity index (χ3n) is 17.8. The first-order valence-electron chi connectivity index (χ1n) is 22.2. The molecule has 9 nitrogen and oxygen atoms in total. The lowest BCUT2D eigenvalue weighted by atomic mass is 9.52. The summed E-state index contributed by atoms with van der Waals surface area (Å²) in [4.78, 5) is 50.0. The van der Waals surface area contributed by atoms with Crippen molar-refractivity contribution in [3.05, 3.63) is 64.2 Å². The summed E-state index contributed by atoms with van der Waals surface area (Å²) >= 11 is 0. The van der Waals surface area contributed by atoms with Gasteiger partial charge in [0.05, 0.1) is 17.9 Å². The Morgan fingerprint density at radius 1 is 0.707 bits per heavy atom. The van der Waals surface area contributed by atoms with Gasteiger partial charge in [-0.15, -0.1) is 0 Å². The van der Waals surface area contributed by atoms with Crippen LogP contribution in [0.4, 0.5) is 0 Å². The molecule has 0 radical (unpaired) electrons. The van der Waals surface area contributed by atoms with Crippen LogP contribution in [0, 0.1) is 39.9 Å². The maximum absolute atomic E-state index is 13.1. The fourth-order valence-corrected chi connectivity index (χ4v) is 14.1. The van der Waals surface area contributed by atoms with Gasteiger partial charge in [0, 0.05) is 23.0 Å². The fraction of sp³-hybridized carbons (Fsp3) is 0.673. The molecule has 10 rings (SSSR count). The molecule has 2 spiro atoms. The van der Waals surface area contributed by atoms with E-state index in [1.165, 1.54) is 16.7 Å². The summed E-state index contributed by atoms with van der Waals surface area (Å²) in [7, 11) is 1.65. The van der Waals surface area contributed by atoms with Gasteiger partial charge in [-0.25, -0.2) is 0 Å². The van der Waals surface area contributed by atoms with Crippen LogP contribution in [0.3, 0.4) is 0 Å². The molecule has 58 heavy (non-hydrogen) atoms. The van der Waals surface area contributed by atoms with Gasteiger partial charge in [0.15, 0.2) is 5.78 Å². The van der Waals surface area contributed by atoms with Gasteiger partial charge < -0.3 is 25.1 Å². The highest BCUT2D eigenvalue weighted by Gasteiger charge is 2.68. The number of esters is 2. The van der Waals surface area contributed by atoms with Gasteiger partial charge in [0.2, 0.25) is 5.91 Å². The first-order chi connectivity index (χ1) is 27.4. The van der Waals surface area contributed by atoms with E-state index in [2.05, 4.69) is 19.1 Å². The number of ether oxygens (including phenoxy) is 3. The lowest BCUT2D eigenvalue weighted by Gasteiger charge is -2.56. The molecular formula is C49H63NO8. The van der Waals surface area contributed by atoms with E-state index in [0.717, 1.165) is 94.8 Å². The second kappa shape index (κ2) is 13.4. The van der Waals surface area contributed by atoms with Crippen molar-refractivity contribution < 1.29 is 38.5 Å². The van der Waals surface area contributed by atoms with Crippen LogP contribution in [-0.2, 0) is 25.5 Å². The summed E-state index contributed by atoms with van der Waals surface area (Å²) < 4.78 is 17.7. The predicted molar refractivity (Wildman–Crippen MR) is 218 cm³/mol. The minimum atomic E-state index is -0.912. The molecule has 3 N–H and O–H groups in total. The molecule has 2 saturated heterocycles. The molecule has 2 aromatic carbocycles. The quantitative estimate of drug-likeness (QED) is 0.288. The molecule has 2 aliphatic heterocycles. The molecule has 312 valence electrons. The van der Waals surface area contributed by atoms with Crippen LogP contribution in [0.5, 0.6) is 5.75 Å². The monoisotopic (exact) mass is 793 g/mol. The van der Waals surface area contributed by atoms with E-state index >= 15 is 0 Å². The smallest absolute Gasteiger partial charge is 0.312 e. The summed E-state index contributed by atoms with van der Waals surface area (Å²) in [6, 6.07) is 11.9. The van der Waals surface area contributed by atoms with E-state index < -0.39 is 16.6 Å². The molecule has 1 amide bonds. The van der Waals surface area contributed by atoms with Crippen molar-refractivity contribution in [1.82, 2.24) is 0 Å². The molecule has 8 aliphatic rings. The number of carbonyl (C=O) groups excluding carboxylic acids is 4. The van der Waals surface area contributed by atoms with E-state index in [0.29, 0.717) is 48.0 Å². The number of amides is 1. The summed E-state index contributed by atoms with van der Waals surface area (Å²) in [5.74, 6) is 2.61. The summed E-state index contributed by atoms with van der Waals surface area (Å²) in [6.07, 6.45) is 13.3. The summed E-state index contributed by atoms with van der Waals surface area (Å²) in [5, 5.41) is 11.9. The Morgan fingerprint density at radius 2 is 1.33 bits per heavy atom. The summed E-state index contributed by atoms with van der Waals surface area (Å²) in [6.45, 7) is 10.2. The highest BCUT2D eigenvalue weighted by Crippen LogP contribution is 2.68. The molecule has 2 aromatic rings. The molecular weight excluding hydrogens is 731 g/mol. The van der Waals surface area contributed by atoms with Gasteiger partial charge >= 0.3 is 11.9 Å². The van der Waals surface area contributed by atoms with Crippen LogP contribution in [0.1, 0.15) is 174 Å². The maximum Gasteiger partial charge on any atom is 0.312 e. The van der Waals surface area contributed by atoms with Crippen molar-refractivity contribution in [2.45, 2.75) is 160 Å². The second-order valence-electron chi connectivity index (χ2n) is 21.2. The number of carbonyl (C=O) groups is 4. The third kappa shape index (κ3) is 5.70. The van der Waals surface area contributed by atoms with E-state index in [1.54, 1.807) is 7.11 Å². The minimum absolute atomic E-state index is 0.0232. The zero-order valence-corrected chi connectivity index (χ0v) is 35.4. The van der Waals surface area contributed by atoms with Crippen molar-refractivity contribution >= 4 is 23.6 Å². The Hall–Kier alpha value is -3.72. The number of primary amides is 1. The van der Waals surface area contributed by atoms with Gasteiger partial charge in [0.1, 0.15) is 22.6 Å². The number of aliphatic hydroxyl groups is 1. The van der Waals surface area contributed by atoms with Crippen LogP contribution >= 0.6 is 0 Å². The van der Waals surface area contributed by atoms with Gasteiger partial charge in [-0.3, -0.25) is 19.2 Å². The van der Waals surface area contributed by atoms with Crippen molar-refractivity contribution in [3.8, 4) is 5.75 Å². The average Bonchev–Trinajstić information content (AvgIpc) is 3.65. The van der Waals surface area contributed by atoms with E-state index in [1.807, 2.05) is 52.0 Å². The molecule has 6 unspecified atom stereocenters.